The summed E-state index contributed by atoms with van der Waals surface area (Å²) in [6.45, 7) is 3.30. The molecule has 7 nitrogen and oxygen atoms in total. The second-order valence-electron chi connectivity index (χ2n) is 8.95. The molecule has 4 aromatic rings. The number of fused-ring (bicyclic) bond motifs is 1. The summed E-state index contributed by atoms with van der Waals surface area (Å²) in [4.78, 5) is 24.7. The molecule has 5 rings (SSSR count). The van der Waals surface area contributed by atoms with E-state index in [-0.39, 0.29) is 12.2 Å². The fourth-order valence-corrected chi connectivity index (χ4v) is 4.40. The van der Waals surface area contributed by atoms with Gasteiger partial charge in [-0.25, -0.2) is 4.98 Å². The van der Waals surface area contributed by atoms with Crippen LogP contribution in [0.4, 0.5) is 0 Å². The first-order valence-electron chi connectivity index (χ1n) is 12.2. The molecule has 7 heteroatoms. The Kier molecular flexibility index (Phi) is 7.46. The van der Waals surface area contributed by atoms with Crippen LogP contribution in [0.1, 0.15) is 35.5 Å². The van der Waals surface area contributed by atoms with E-state index < -0.39 is 0 Å². The van der Waals surface area contributed by atoms with Crippen molar-refractivity contribution in [1.82, 2.24) is 20.3 Å². The molecular weight excluding hydrogens is 440 g/mol. The van der Waals surface area contributed by atoms with Gasteiger partial charge in [-0.1, -0.05) is 42.5 Å². The van der Waals surface area contributed by atoms with Crippen molar-refractivity contribution in [2.24, 2.45) is 5.92 Å². The lowest BCUT2D eigenvalue weighted by Crippen LogP contribution is -2.28. The van der Waals surface area contributed by atoms with Crippen LogP contribution in [0.15, 0.2) is 71.7 Å². The lowest BCUT2D eigenvalue weighted by Gasteiger charge is -2.22. The Labute approximate surface area is 204 Å². The van der Waals surface area contributed by atoms with Crippen molar-refractivity contribution in [2.45, 2.75) is 32.4 Å². The summed E-state index contributed by atoms with van der Waals surface area (Å²) in [5.74, 6) is 1.82. The smallest absolute Gasteiger partial charge is 0.258 e. The van der Waals surface area contributed by atoms with Gasteiger partial charge < -0.3 is 19.8 Å². The van der Waals surface area contributed by atoms with Crippen LogP contribution in [0.2, 0.25) is 0 Å². The monoisotopic (exact) mass is 470 g/mol. The van der Waals surface area contributed by atoms with Crippen molar-refractivity contribution in [1.29, 1.82) is 0 Å². The zero-order chi connectivity index (χ0) is 23.9. The van der Waals surface area contributed by atoms with Gasteiger partial charge in [-0.2, -0.15) is 0 Å². The van der Waals surface area contributed by atoms with Crippen molar-refractivity contribution < 1.29 is 9.47 Å². The van der Waals surface area contributed by atoms with Gasteiger partial charge in [0, 0.05) is 26.0 Å². The van der Waals surface area contributed by atoms with Crippen LogP contribution < -0.4 is 15.6 Å². The maximum Gasteiger partial charge on any atom is 0.258 e. The van der Waals surface area contributed by atoms with E-state index in [1.165, 1.54) is 11.1 Å². The SMILES string of the molecule is O=c1[nH]c(COc2ccc(Cc3ccccc3)cc2)nc2c(CNCC3CCOCC3)nccc12. The van der Waals surface area contributed by atoms with E-state index in [1.807, 2.05) is 30.3 Å². The predicted molar refractivity (Wildman–Crippen MR) is 135 cm³/mol. The quantitative estimate of drug-likeness (QED) is 0.384. The zero-order valence-corrected chi connectivity index (χ0v) is 19.7. The normalized spacial score (nSPS) is 14.3. The van der Waals surface area contributed by atoms with E-state index in [0.717, 1.165) is 50.5 Å². The summed E-state index contributed by atoms with van der Waals surface area (Å²) in [5.41, 5.74) is 3.69. The predicted octanol–water partition coefficient (Wildman–Crippen LogP) is 4.00. The van der Waals surface area contributed by atoms with Crippen LogP contribution in [-0.2, 0) is 24.3 Å². The Morgan fingerprint density at radius 1 is 1.00 bits per heavy atom. The van der Waals surface area contributed by atoms with Crippen LogP contribution in [-0.4, -0.2) is 34.7 Å². The number of nitrogens with one attached hydrogen (secondary N) is 2. The molecule has 0 aliphatic carbocycles. The van der Waals surface area contributed by atoms with Crippen molar-refractivity contribution in [2.75, 3.05) is 19.8 Å². The number of hydrogen-bond acceptors (Lipinski definition) is 6. The van der Waals surface area contributed by atoms with Gasteiger partial charge in [0.05, 0.1) is 11.1 Å². The highest BCUT2D eigenvalue weighted by Gasteiger charge is 2.14. The van der Waals surface area contributed by atoms with Crippen LogP contribution in [0, 0.1) is 5.92 Å². The molecule has 2 aromatic carbocycles. The molecule has 1 aliphatic rings. The highest BCUT2D eigenvalue weighted by atomic mass is 16.5. The van der Waals surface area contributed by atoms with E-state index in [2.05, 4.69) is 44.5 Å². The highest BCUT2D eigenvalue weighted by molar-refractivity contribution is 5.79. The lowest BCUT2D eigenvalue weighted by atomic mass is 10.0. The molecular formula is C28H30N4O3. The summed E-state index contributed by atoms with van der Waals surface area (Å²) in [5, 5.41) is 4.02. The van der Waals surface area contributed by atoms with Crippen molar-refractivity contribution >= 4 is 10.9 Å². The number of ether oxygens (including phenoxy) is 2. The summed E-state index contributed by atoms with van der Waals surface area (Å²) in [6, 6.07) is 20.1. The standard InChI is InChI=1S/C28H30N4O3/c33-28-24-10-13-30-25(18-29-17-22-11-14-34-15-12-22)27(24)31-26(32-28)19-35-23-8-6-21(7-9-23)16-20-4-2-1-3-5-20/h1-10,13,22,29H,11-12,14-19H2,(H,31,32,33). The van der Waals surface area contributed by atoms with E-state index in [9.17, 15) is 4.79 Å². The molecule has 3 heterocycles. The van der Waals surface area contributed by atoms with Crippen molar-refractivity contribution in [3.63, 3.8) is 0 Å². The fourth-order valence-electron chi connectivity index (χ4n) is 4.40. The molecule has 0 atom stereocenters. The molecule has 35 heavy (non-hydrogen) atoms. The van der Waals surface area contributed by atoms with E-state index >= 15 is 0 Å². The van der Waals surface area contributed by atoms with E-state index in [0.29, 0.717) is 29.2 Å². The third-order valence-electron chi connectivity index (χ3n) is 6.37. The number of pyridine rings is 1. The number of hydrogen-bond donors (Lipinski definition) is 2. The molecule has 1 aliphatic heterocycles. The number of H-pyrrole nitrogens is 1. The molecule has 1 saturated heterocycles. The lowest BCUT2D eigenvalue weighted by molar-refractivity contribution is 0.0662. The number of rotatable bonds is 9. The van der Waals surface area contributed by atoms with Gasteiger partial charge in [-0.15, -0.1) is 0 Å². The number of aromatic amines is 1. The molecule has 180 valence electrons. The first kappa shape index (κ1) is 23.2. The van der Waals surface area contributed by atoms with Crippen molar-refractivity contribution in [3.05, 3.63) is 99.9 Å². The fraction of sp³-hybridized carbons (Fsp3) is 0.321. The van der Waals surface area contributed by atoms with E-state index in [4.69, 9.17) is 9.47 Å². The van der Waals surface area contributed by atoms with Gasteiger partial charge >= 0.3 is 0 Å². The minimum Gasteiger partial charge on any atom is -0.486 e. The first-order valence-corrected chi connectivity index (χ1v) is 12.2. The summed E-state index contributed by atoms with van der Waals surface area (Å²) in [7, 11) is 0. The minimum atomic E-state index is -0.181. The molecule has 1 fully saturated rings. The van der Waals surface area contributed by atoms with Gasteiger partial charge in [-0.3, -0.25) is 9.78 Å². The van der Waals surface area contributed by atoms with Gasteiger partial charge in [0.15, 0.2) is 0 Å². The van der Waals surface area contributed by atoms with Crippen LogP contribution in [0.3, 0.4) is 0 Å². The Balaban J connectivity index is 1.23. The summed E-state index contributed by atoms with van der Waals surface area (Å²) < 4.78 is 11.4. The average Bonchev–Trinajstić information content (AvgIpc) is 2.90. The highest BCUT2D eigenvalue weighted by Crippen LogP contribution is 2.18. The van der Waals surface area contributed by atoms with Crippen LogP contribution >= 0.6 is 0 Å². The second kappa shape index (κ2) is 11.3. The third-order valence-corrected chi connectivity index (χ3v) is 6.37. The second-order valence-corrected chi connectivity index (χ2v) is 8.95. The summed E-state index contributed by atoms with van der Waals surface area (Å²) >= 11 is 0. The first-order chi connectivity index (χ1) is 17.2. The number of nitrogens with zero attached hydrogens (tertiary/aromatic N) is 2. The molecule has 0 bridgehead atoms. The number of benzene rings is 2. The Morgan fingerprint density at radius 3 is 2.57 bits per heavy atom. The van der Waals surface area contributed by atoms with Gasteiger partial charge in [0.1, 0.15) is 23.7 Å². The molecule has 0 radical (unpaired) electrons. The van der Waals surface area contributed by atoms with Gasteiger partial charge in [0.2, 0.25) is 0 Å². The average molecular weight is 471 g/mol. The molecule has 0 saturated carbocycles. The van der Waals surface area contributed by atoms with Gasteiger partial charge in [-0.05, 0) is 61.1 Å². The molecule has 2 N–H and O–H groups in total. The molecule has 2 aromatic heterocycles. The van der Waals surface area contributed by atoms with Crippen LogP contribution in [0.5, 0.6) is 5.75 Å². The Morgan fingerprint density at radius 2 is 1.77 bits per heavy atom. The maximum atomic E-state index is 12.7. The Hall–Kier alpha value is -3.55. The van der Waals surface area contributed by atoms with Gasteiger partial charge in [0.25, 0.3) is 5.56 Å². The summed E-state index contributed by atoms with van der Waals surface area (Å²) in [6.07, 6.45) is 4.68. The largest absolute Gasteiger partial charge is 0.486 e. The molecule has 0 amide bonds. The van der Waals surface area contributed by atoms with Crippen molar-refractivity contribution in [3.8, 4) is 5.75 Å². The topological polar surface area (TPSA) is 89.1 Å². The third kappa shape index (κ3) is 6.12. The Bertz CT molecular complexity index is 1300. The molecule has 0 unspecified atom stereocenters. The number of aromatic nitrogens is 3. The maximum absolute atomic E-state index is 12.7. The van der Waals surface area contributed by atoms with Crippen LogP contribution in [0.25, 0.3) is 10.9 Å². The molecule has 0 spiro atoms. The van der Waals surface area contributed by atoms with E-state index in [1.54, 1.807) is 12.3 Å². The zero-order valence-electron chi connectivity index (χ0n) is 19.7. The minimum absolute atomic E-state index is 0.174.